The highest BCUT2D eigenvalue weighted by Gasteiger charge is 2.32. The SMILES string of the molecule is CCC1CCCCN1C(=O)CN1C(=O)CCCc2cc(S(=O)(=O)N3CCC(C)CC3)ccc21. The van der Waals surface area contributed by atoms with Gasteiger partial charge in [0.15, 0.2) is 0 Å². The van der Waals surface area contributed by atoms with Crippen LogP contribution in [-0.2, 0) is 26.0 Å². The largest absolute Gasteiger partial charge is 0.338 e. The Morgan fingerprint density at radius 1 is 1.03 bits per heavy atom. The van der Waals surface area contributed by atoms with E-state index in [4.69, 9.17) is 0 Å². The lowest BCUT2D eigenvalue weighted by Crippen LogP contribution is -2.49. The Kier molecular flexibility index (Phi) is 7.43. The van der Waals surface area contributed by atoms with Gasteiger partial charge in [0.2, 0.25) is 21.8 Å². The van der Waals surface area contributed by atoms with E-state index in [1.807, 2.05) is 4.90 Å². The van der Waals surface area contributed by atoms with Gasteiger partial charge in [0, 0.05) is 37.8 Å². The number of carbonyl (C=O) groups excluding carboxylic acids is 2. The molecular formula is C25H37N3O4S. The molecule has 0 bridgehead atoms. The van der Waals surface area contributed by atoms with Crippen LogP contribution in [-0.4, -0.2) is 61.7 Å². The van der Waals surface area contributed by atoms with Crippen molar-refractivity contribution in [2.24, 2.45) is 5.92 Å². The van der Waals surface area contributed by atoms with Crippen LogP contribution >= 0.6 is 0 Å². The number of amides is 2. The van der Waals surface area contributed by atoms with Crippen molar-refractivity contribution in [2.75, 3.05) is 31.1 Å². The number of sulfonamides is 1. The average Bonchev–Trinajstić information content (AvgIpc) is 2.97. The summed E-state index contributed by atoms with van der Waals surface area (Å²) in [5.74, 6) is 0.475. The topological polar surface area (TPSA) is 78.0 Å². The van der Waals surface area contributed by atoms with Crippen LogP contribution in [0.5, 0.6) is 0 Å². The predicted molar refractivity (Wildman–Crippen MR) is 129 cm³/mol. The first-order valence-electron chi connectivity index (χ1n) is 12.5. The minimum atomic E-state index is -3.56. The monoisotopic (exact) mass is 475 g/mol. The second kappa shape index (κ2) is 10.1. The fourth-order valence-corrected chi connectivity index (χ4v) is 6.93. The van der Waals surface area contributed by atoms with E-state index >= 15 is 0 Å². The fourth-order valence-electron chi connectivity index (χ4n) is 5.41. The number of likely N-dealkylation sites (tertiary alicyclic amines) is 1. The van der Waals surface area contributed by atoms with Gasteiger partial charge in [0.1, 0.15) is 6.54 Å². The van der Waals surface area contributed by atoms with Crippen LogP contribution in [0.25, 0.3) is 0 Å². The maximum Gasteiger partial charge on any atom is 0.243 e. The minimum absolute atomic E-state index is 0.0121. The number of nitrogens with zero attached hydrogens (tertiary/aromatic N) is 3. The van der Waals surface area contributed by atoms with E-state index in [0.717, 1.165) is 50.6 Å². The van der Waals surface area contributed by atoms with Gasteiger partial charge in [-0.1, -0.05) is 13.8 Å². The number of fused-ring (bicyclic) bond motifs is 1. The lowest BCUT2D eigenvalue weighted by Gasteiger charge is -2.36. The lowest BCUT2D eigenvalue weighted by atomic mass is 10.00. The molecule has 2 saturated heterocycles. The maximum atomic E-state index is 13.2. The molecule has 0 saturated carbocycles. The van der Waals surface area contributed by atoms with E-state index in [1.54, 1.807) is 27.4 Å². The number of rotatable bonds is 5. The molecule has 3 aliphatic rings. The summed E-state index contributed by atoms with van der Waals surface area (Å²) in [6, 6.07) is 5.32. The number of carbonyl (C=O) groups is 2. The van der Waals surface area contributed by atoms with Gasteiger partial charge in [0.25, 0.3) is 0 Å². The van der Waals surface area contributed by atoms with Gasteiger partial charge in [-0.25, -0.2) is 8.42 Å². The second-order valence-corrected chi connectivity index (χ2v) is 11.8. The molecule has 0 N–H and O–H groups in total. The first-order valence-corrected chi connectivity index (χ1v) is 14.0. The van der Waals surface area contributed by atoms with Crippen LogP contribution in [0.1, 0.15) is 70.8 Å². The third-order valence-corrected chi connectivity index (χ3v) is 9.47. The molecule has 1 aromatic rings. The summed E-state index contributed by atoms with van der Waals surface area (Å²) in [5, 5.41) is 0. The van der Waals surface area contributed by atoms with Gasteiger partial charge in [-0.05, 0) is 81.0 Å². The number of aryl methyl sites for hydroxylation is 1. The molecule has 2 fully saturated rings. The summed E-state index contributed by atoms with van der Waals surface area (Å²) in [4.78, 5) is 29.9. The molecule has 0 spiro atoms. The summed E-state index contributed by atoms with van der Waals surface area (Å²) in [7, 11) is -3.56. The summed E-state index contributed by atoms with van der Waals surface area (Å²) in [5.41, 5.74) is 1.52. The highest BCUT2D eigenvalue weighted by Crippen LogP contribution is 2.32. The van der Waals surface area contributed by atoms with Gasteiger partial charge < -0.3 is 9.80 Å². The van der Waals surface area contributed by atoms with E-state index in [-0.39, 0.29) is 24.4 Å². The summed E-state index contributed by atoms with van der Waals surface area (Å²) >= 11 is 0. The van der Waals surface area contributed by atoms with Gasteiger partial charge in [0.05, 0.1) is 4.90 Å². The number of hydrogen-bond donors (Lipinski definition) is 0. The molecule has 3 heterocycles. The molecule has 1 unspecified atom stereocenters. The van der Waals surface area contributed by atoms with Crippen LogP contribution in [0.3, 0.4) is 0 Å². The Morgan fingerprint density at radius 2 is 1.79 bits per heavy atom. The van der Waals surface area contributed by atoms with Crippen LogP contribution in [0.15, 0.2) is 23.1 Å². The van der Waals surface area contributed by atoms with E-state index in [0.29, 0.717) is 48.9 Å². The first-order chi connectivity index (χ1) is 15.8. The molecule has 0 radical (unpaired) electrons. The van der Waals surface area contributed by atoms with Crippen molar-refractivity contribution in [3.63, 3.8) is 0 Å². The third kappa shape index (κ3) is 5.11. The molecule has 2 amide bonds. The van der Waals surface area contributed by atoms with Crippen LogP contribution in [0.2, 0.25) is 0 Å². The highest BCUT2D eigenvalue weighted by molar-refractivity contribution is 7.89. The zero-order valence-electron chi connectivity index (χ0n) is 20.0. The molecule has 1 atom stereocenters. The smallest absolute Gasteiger partial charge is 0.243 e. The van der Waals surface area contributed by atoms with Gasteiger partial charge >= 0.3 is 0 Å². The molecule has 182 valence electrons. The van der Waals surface area contributed by atoms with Crippen molar-refractivity contribution in [3.8, 4) is 0 Å². The number of benzene rings is 1. The molecule has 8 heteroatoms. The summed E-state index contributed by atoms with van der Waals surface area (Å²) < 4.78 is 28.1. The van der Waals surface area contributed by atoms with Crippen molar-refractivity contribution in [2.45, 2.75) is 82.6 Å². The molecule has 33 heavy (non-hydrogen) atoms. The van der Waals surface area contributed by atoms with Crippen LogP contribution in [0.4, 0.5) is 5.69 Å². The van der Waals surface area contributed by atoms with Crippen molar-refractivity contribution in [1.29, 1.82) is 0 Å². The standard InChI is InChI=1S/C25H37N3O4S/c1-3-21-8-4-5-14-27(21)25(30)18-28-23-11-10-22(17-20(23)7-6-9-24(28)29)33(31,32)26-15-12-19(2)13-16-26/h10-11,17,19,21H,3-9,12-16,18H2,1-2H3. The Balaban J connectivity index is 1.58. The van der Waals surface area contributed by atoms with E-state index in [1.165, 1.54) is 0 Å². The Labute approximate surface area is 198 Å². The number of anilines is 1. The fraction of sp³-hybridized carbons (Fsp3) is 0.680. The second-order valence-electron chi connectivity index (χ2n) is 9.86. The molecule has 3 aliphatic heterocycles. The van der Waals surface area contributed by atoms with Gasteiger partial charge in [-0.3, -0.25) is 9.59 Å². The Morgan fingerprint density at radius 3 is 2.52 bits per heavy atom. The lowest BCUT2D eigenvalue weighted by molar-refractivity contribution is -0.134. The summed E-state index contributed by atoms with van der Waals surface area (Å²) in [6.45, 7) is 6.14. The van der Waals surface area contributed by atoms with Crippen LogP contribution < -0.4 is 4.90 Å². The van der Waals surface area contributed by atoms with Crippen molar-refractivity contribution >= 4 is 27.5 Å². The Bertz CT molecular complexity index is 985. The maximum absolute atomic E-state index is 13.2. The molecule has 1 aromatic carbocycles. The molecule has 0 aromatic heterocycles. The molecular weight excluding hydrogens is 438 g/mol. The van der Waals surface area contributed by atoms with Crippen LogP contribution in [0, 0.1) is 5.92 Å². The summed E-state index contributed by atoms with van der Waals surface area (Å²) in [6.07, 6.45) is 7.50. The van der Waals surface area contributed by atoms with Crippen molar-refractivity contribution in [1.82, 2.24) is 9.21 Å². The Hall–Kier alpha value is -1.93. The molecule has 0 aliphatic carbocycles. The van der Waals surface area contributed by atoms with Gasteiger partial charge in [-0.15, -0.1) is 0 Å². The van der Waals surface area contributed by atoms with E-state index < -0.39 is 10.0 Å². The van der Waals surface area contributed by atoms with E-state index in [2.05, 4.69) is 13.8 Å². The predicted octanol–water partition coefficient (Wildman–Crippen LogP) is 3.57. The van der Waals surface area contributed by atoms with Crippen molar-refractivity contribution < 1.29 is 18.0 Å². The third-order valence-electron chi connectivity index (χ3n) is 7.57. The highest BCUT2D eigenvalue weighted by atomic mass is 32.2. The normalized spacial score (nSPS) is 23.3. The zero-order chi connectivity index (χ0) is 23.6. The van der Waals surface area contributed by atoms with Crippen molar-refractivity contribution in [3.05, 3.63) is 23.8 Å². The van der Waals surface area contributed by atoms with Gasteiger partial charge in [-0.2, -0.15) is 4.31 Å². The molecule has 7 nitrogen and oxygen atoms in total. The first kappa shape index (κ1) is 24.2. The number of piperidine rings is 2. The quantitative estimate of drug-likeness (QED) is 0.652. The molecule has 4 rings (SSSR count). The zero-order valence-corrected chi connectivity index (χ0v) is 20.8. The minimum Gasteiger partial charge on any atom is -0.338 e. The average molecular weight is 476 g/mol. The number of hydrogen-bond acceptors (Lipinski definition) is 4. The van der Waals surface area contributed by atoms with E-state index in [9.17, 15) is 18.0 Å².